The van der Waals surface area contributed by atoms with Crippen LogP contribution in [0.25, 0.3) is 0 Å². The van der Waals surface area contributed by atoms with Crippen LogP contribution in [0.5, 0.6) is 0 Å². The molecule has 2 aromatic rings. The Kier molecular flexibility index (Phi) is 3.83. The fourth-order valence-corrected chi connectivity index (χ4v) is 2.81. The van der Waals surface area contributed by atoms with Crippen molar-refractivity contribution in [3.8, 4) is 0 Å². The summed E-state index contributed by atoms with van der Waals surface area (Å²) in [5.41, 5.74) is 2.60. The molecule has 25 heavy (non-hydrogen) atoms. The van der Waals surface area contributed by atoms with E-state index >= 15 is 0 Å². The average Bonchev–Trinajstić information content (AvgIpc) is 3.43. The molecule has 0 aromatic carbocycles. The van der Waals surface area contributed by atoms with Crippen LogP contribution in [0.4, 0.5) is 17.2 Å². The first-order valence-electron chi connectivity index (χ1n) is 8.38. The zero-order chi connectivity index (χ0) is 17.4. The van der Waals surface area contributed by atoms with Crippen molar-refractivity contribution in [3.05, 3.63) is 41.9 Å². The number of carbonyl (C=O) groups excluding carboxylic acids is 2. The van der Waals surface area contributed by atoms with E-state index in [0.717, 1.165) is 18.5 Å². The minimum atomic E-state index is -0.273. The Hall–Kier alpha value is -2.96. The molecule has 2 aliphatic rings. The Labute approximate surface area is 145 Å². The van der Waals surface area contributed by atoms with E-state index in [1.54, 1.807) is 23.2 Å². The molecular weight excluding hydrogens is 318 g/mol. The molecule has 0 radical (unpaired) electrons. The second-order valence-corrected chi connectivity index (χ2v) is 6.54. The Bertz CT molecular complexity index is 830. The summed E-state index contributed by atoms with van der Waals surface area (Å²) < 4.78 is 0. The van der Waals surface area contributed by atoms with Gasteiger partial charge in [0.2, 0.25) is 5.91 Å². The van der Waals surface area contributed by atoms with Gasteiger partial charge in [0.05, 0.1) is 29.7 Å². The number of rotatable bonds is 4. The van der Waals surface area contributed by atoms with Gasteiger partial charge in [0.1, 0.15) is 5.82 Å². The molecule has 128 valence electrons. The highest BCUT2D eigenvalue weighted by molar-refractivity contribution is 6.07. The van der Waals surface area contributed by atoms with E-state index in [1.165, 1.54) is 6.20 Å². The monoisotopic (exact) mass is 337 g/mol. The summed E-state index contributed by atoms with van der Waals surface area (Å²) in [7, 11) is 0. The predicted octanol–water partition coefficient (Wildman–Crippen LogP) is 2.21. The number of aryl methyl sites for hydroxylation is 1. The predicted molar refractivity (Wildman–Crippen MR) is 94.7 cm³/mol. The summed E-state index contributed by atoms with van der Waals surface area (Å²) in [5, 5.41) is 5.82. The fourth-order valence-electron chi connectivity index (χ4n) is 2.81. The van der Waals surface area contributed by atoms with Gasteiger partial charge >= 0.3 is 0 Å². The minimum absolute atomic E-state index is 0.0153. The van der Waals surface area contributed by atoms with Crippen LogP contribution in [0.15, 0.2) is 30.6 Å². The molecule has 7 heteroatoms. The number of amides is 2. The molecule has 0 saturated heterocycles. The van der Waals surface area contributed by atoms with Gasteiger partial charge in [-0.1, -0.05) is 0 Å². The van der Waals surface area contributed by atoms with Gasteiger partial charge < -0.3 is 15.5 Å². The van der Waals surface area contributed by atoms with Crippen LogP contribution in [0.2, 0.25) is 0 Å². The van der Waals surface area contributed by atoms with Crippen LogP contribution in [0, 0.1) is 12.8 Å². The van der Waals surface area contributed by atoms with Gasteiger partial charge in [0.25, 0.3) is 5.91 Å². The number of nitrogens with zero attached hydrogens (tertiary/aromatic N) is 3. The number of nitrogens with one attached hydrogen (secondary N) is 2. The molecule has 4 rings (SSSR count). The van der Waals surface area contributed by atoms with Crippen molar-refractivity contribution >= 4 is 29.0 Å². The molecular formula is C18H19N5O2. The molecule has 7 nitrogen and oxygen atoms in total. The molecule has 0 unspecified atom stereocenters. The van der Waals surface area contributed by atoms with Crippen molar-refractivity contribution in [2.24, 2.45) is 5.92 Å². The van der Waals surface area contributed by atoms with Crippen LogP contribution in [-0.4, -0.2) is 34.9 Å². The zero-order valence-corrected chi connectivity index (χ0v) is 14.0. The maximum Gasteiger partial charge on any atom is 0.257 e. The molecule has 2 N–H and O–H groups in total. The van der Waals surface area contributed by atoms with E-state index in [2.05, 4.69) is 20.6 Å². The maximum absolute atomic E-state index is 12.5. The topological polar surface area (TPSA) is 87.2 Å². The number of hydrogen-bond donors (Lipinski definition) is 2. The Morgan fingerprint density at radius 1 is 1.32 bits per heavy atom. The molecule has 2 amide bonds. The van der Waals surface area contributed by atoms with E-state index in [9.17, 15) is 9.59 Å². The highest BCUT2D eigenvalue weighted by atomic mass is 16.2. The molecule has 3 heterocycles. The number of pyridine rings is 2. The number of anilines is 3. The second-order valence-electron chi connectivity index (χ2n) is 6.54. The summed E-state index contributed by atoms with van der Waals surface area (Å²) in [5.74, 6) is 0.951. The first-order chi connectivity index (χ1) is 12.1. The summed E-state index contributed by atoms with van der Waals surface area (Å²) in [6, 6.07) is 5.36. The summed E-state index contributed by atoms with van der Waals surface area (Å²) in [6.07, 6.45) is 5.44. The van der Waals surface area contributed by atoms with Gasteiger partial charge in [-0.15, -0.1) is 0 Å². The SMILES string of the molecule is Cc1ccc(NC(=O)c2cnc3c(c2)N(CC2CC2)C(=O)CN3)cn1. The van der Waals surface area contributed by atoms with E-state index in [1.807, 2.05) is 13.0 Å². The van der Waals surface area contributed by atoms with Gasteiger partial charge in [-0.3, -0.25) is 14.6 Å². The number of carbonyl (C=O) groups is 2. The van der Waals surface area contributed by atoms with Gasteiger partial charge in [0, 0.05) is 18.4 Å². The lowest BCUT2D eigenvalue weighted by molar-refractivity contribution is -0.117. The van der Waals surface area contributed by atoms with Crippen LogP contribution < -0.4 is 15.5 Å². The maximum atomic E-state index is 12.5. The first-order valence-corrected chi connectivity index (χ1v) is 8.38. The van der Waals surface area contributed by atoms with Crippen molar-refractivity contribution in [2.45, 2.75) is 19.8 Å². The second kappa shape index (κ2) is 6.16. The largest absolute Gasteiger partial charge is 0.359 e. The first kappa shape index (κ1) is 15.6. The zero-order valence-electron chi connectivity index (χ0n) is 14.0. The highest BCUT2D eigenvalue weighted by Gasteiger charge is 2.32. The third-order valence-corrected chi connectivity index (χ3v) is 4.44. The Balaban J connectivity index is 1.58. The molecule has 0 atom stereocenters. The van der Waals surface area contributed by atoms with Gasteiger partial charge in [0.15, 0.2) is 0 Å². The lowest BCUT2D eigenvalue weighted by atomic mass is 10.1. The van der Waals surface area contributed by atoms with Crippen molar-refractivity contribution in [1.29, 1.82) is 0 Å². The quantitative estimate of drug-likeness (QED) is 0.893. The van der Waals surface area contributed by atoms with E-state index < -0.39 is 0 Å². The van der Waals surface area contributed by atoms with Gasteiger partial charge in [-0.2, -0.15) is 0 Å². The van der Waals surface area contributed by atoms with Gasteiger partial charge in [-0.05, 0) is 43.9 Å². The van der Waals surface area contributed by atoms with Crippen LogP contribution in [-0.2, 0) is 4.79 Å². The third-order valence-electron chi connectivity index (χ3n) is 4.44. The number of hydrogen-bond acceptors (Lipinski definition) is 5. The molecule has 1 aliphatic carbocycles. The van der Waals surface area contributed by atoms with Gasteiger partial charge in [-0.25, -0.2) is 4.98 Å². The van der Waals surface area contributed by atoms with E-state index in [-0.39, 0.29) is 18.4 Å². The standard InChI is InChI=1S/C18H19N5O2/c1-11-2-5-14(8-19-11)22-18(25)13-6-15-17(20-7-13)21-9-16(24)23(15)10-12-3-4-12/h2,5-8,12H,3-4,9-10H2,1H3,(H,20,21)(H,22,25). The minimum Gasteiger partial charge on any atom is -0.359 e. The fraction of sp³-hybridized carbons (Fsp3) is 0.333. The van der Waals surface area contributed by atoms with Crippen LogP contribution >= 0.6 is 0 Å². The smallest absolute Gasteiger partial charge is 0.257 e. The molecule has 1 fully saturated rings. The summed E-state index contributed by atoms with van der Waals surface area (Å²) >= 11 is 0. The third kappa shape index (κ3) is 3.31. The van der Waals surface area contributed by atoms with E-state index in [4.69, 9.17) is 0 Å². The number of aromatic nitrogens is 2. The summed E-state index contributed by atoms with van der Waals surface area (Å²) in [6.45, 7) is 2.83. The van der Waals surface area contributed by atoms with Crippen molar-refractivity contribution < 1.29 is 9.59 Å². The lowest BCUT2D eigenvalue weighted by Crippen LogP contribution is -2.41. The Morgan fingerprint density at radius 3 is 2.88 bits per heavy atom. The molecule has 0 bridgehead atoms. The average molecular weight is 337 g/mol. The molecule has 0 spiro atoms. The number of fused-ring (bicyclic) bond motifs is 1. The Morgan fingerprint density at radius 2 is 2.16 bits per heavy atom. The van der Waals surface area contributed by atoms with Crippen molar-refractivity contribution in [2.75, 3.05) is 28.6 Å². The van der Waals surface area contributed by atoms with Crippen molar-refractivity contribution in [1.82, 2.24) is 9.97 Å². The van der Waals surface area contributed by atoms with Crippen LogP contribution in [0.1, 0.15) is 28.9 Å². The lowest BCUT2D eigenvalue weighted by Gasteiger charge is -2.29. The highest BCUT2D eigenvalue weighted by Crippen LogP contribution is 2.35. The normalized spacial score (nSPS) is 16.2. The van der Waals surface area contributed by atoms with Crippen molar-refractivity contribution in [3.63, 3.8) is 0 Å². The van der Waals surface area contributed by atoms with Crippen LogP contribution in [0.3, 0.4) is 0 Å². The molecule has 1 saturated carbocycles. The molecule has 2 aromatic heterocycles. The summed E-state index contributed by atoms with van der Waals surface area (Å²) in [4.78, 5) is 35.0. The molecule has 1 aliphatic heterocycles. The van der Waals surface area contributed by atoms with E-state index in [0.29, 0.717) is 35.2 Å².